The number of hydrogen-bond acceptors (Lipinski definition) is 6. The van der Waals surface area contributed by atoms with Crippen molar-refractivity contribution in [1.29, 1.82) is 0 Å². The number of carbonyl (C=O) groups is 5. The largest absolute Gasteiger partial charge is 0.384 e. The molecule has 26 heavy (non-hydrogen) atoms. The third-order valence-corrected chi connectivity index (χ3v) is 3.44. The first-order valence-electron chi connectivity index (χ1n) is 8.26. The summed E-state index contributed by atoms with van der Waals surface area (Å²) >= 11 is 0. The van der Waals surface area contributed by atoms with E-state index in [2.05, 4.69) is 16.0 Å². The molecule has 0 radical (unpaired) electrons. The topological polar surface area (TPSA) is 134 Å². The third-order valence-electron chi connectivity index (χ3n) is 3.44. The summed E-state index contributed by atoms with van der Waals surface area (Å²) in [4.78, 5) is 58.1. The van der Waals surface area contributed by atoms with Crippen LogP contribution in [0.2, 0.25) is 0 Å². The van der Waals surface area contributed by atoms with Crippen LogP contribution >= 0.6 is 0 Å². The quantitative estimate of drug-likeness (QED) is 0.271. The summed E-state index contributed by atoms with van der Waals surface area (Å²) in [6.07, 6.45) is 2.71. The molecule has 0 saturated carbocycles. The van der Waals surface area contributed by atoms with Gasteiger partial charge in [0.25, 0.3) is 11.8 Å². The summed E-state index contributed by atoms with van der Waals surface area (Å²) in [6, 6.07) is 0. The molecule has 1 heterocycles. The zero-order chi connectivity index (χ0) is 19.4. The Labute approximate surface area is 151 Å². The summed E-state index contributed by atoms with van der Waals surface area (Å²) < 4.78 is 4.77. The number of rotatable bonds is 12. The fourth-order valence-corrected chi connectivity index (χ4v) is 2.04. The van der Waals surface area contributed by atoms with E-state index in [0.29, 0.717) is 6.61 Å². The number of imide groups is 1. The molecular formula is C16H24N4O6. The van der Waals surface area contributed by atoms with Crippen LogP contribution in [0.3, 0.4) is 0 Å². The first kappa shape index (κ1) is 21.3. The molecule has 1 rings (SSSR count). The van der Waals surface area contributed by atoms with Gasteiger partial charge in [-0.3, -0.25) is 28.9 Å². The number of carbonyl (C=O) groups excluding carboxylic acids is 5. The number of hydrogen-bond donors (Lipinski definition) is 3. The summed E-state index contributed by atoms with van der Waals surface area (Å²) in [5.41, 5.74) is 0. The molecule has 0 aromatic carbocycles. The smallest absolute Gasteiger partial charge is 0.253 e. The Kier molecular flexibility index (Phi) is 9.62. The minimum atomic E-state index is -0.427. The van der Waals surface area contributed by atoms with Crippen molar-refractivity contribution in [2.75, 3.05) is 39.9 Å². The normalized spacial score (nSPS) is 13.0. The van der Waals surface area contributed by atoms with E-state index in [4.69, 9.17) is 4.74 Å². The van der Waals surface area contributed by atoms with Gasteiger partial charge in [0.2, 0.25) is 17.7 Å². The number of amides is 5. The lowest BCUT2D eigenvalue weighted by molar-refractivity contribution is -0.137. The van der Waals surface area contributed by atoms with Crippen LogP contribution < -0.4 is 16.0 Å². The molecule has 0 bridgehead atoms. The Morgan fingerprint density at radius 3 is 1.92 bits per heavy atom. The minimum absolute atomic E-state index is 0.000607. The Bertz CT molecular complexity index is 557. The maximum Gasteiger partial charge on any atom is 0.253 e. The van der Waals surface area contributed by atoms with E-state index in [-0.39, 0.29) is 63.2 Å². The molecule has 0 spiro atoms. The van der Waals surface area contributed by atoms with Gasteiger partial charge in [-0.15, -0.1) is 0 Å². The highest BCUT2D eigenvalue weighted by Gasteiger charge is 2.23. The molecule has 1 aliphatic rings. The Hall–Kier alpha value is -2.75. The summed E-state index contributed by atoms with van der Waals surface area (Å²) in [5, 5.41) is 7.78. The summed E-state index contributed by atoms with van der Waals surface area (Å²) in [6.45, 7) is 1.04. The van der Waals surface area contributed by atoms with Crippen LogP contribution in [0.4, 0.5) is 0 Å². The van der Waals surface area contributed by atoms with Gasteiger partial charge >= 0.3 is 0 Å². The van der Waals surface area contributed by atoms with Crippen molar-refractivity contribution in [3.8, 4) is 0 Å². The van der Waals surface area contributed by atoms with Crippen LogP contribution in [0.1, 0.15) is 19.3 Å². The average Bonchev–Trinajstić information content (AvgIpc) is 2.93. The standard InChI is InChI=1S/C16H24N4O6/c1-26-11-6-14(23)17-7-4-12(21)18-8-9-19-13(22)5-10-20-15(24)2-3-16(20)25/h2-3H,4-11H2,1H3,(H,17,23)(H,18,21)(H,19,22). The maximum absolute atomic E-state index is 11.6. The van der Waals surface area contributed by atoms with E-state index in [1.54, 1.807) is 0 Å². The minimum Gasteiger partial charge on any atom is -0.384 e. The second-order valence-corrected chi connectivity index (χ2v) is 5.45. The van der Waals surface area contributed by atoms with Crippen LogP contribution in [0.5, 0.6) is 0 Å². The molecule has 0 fully saturated rings. The first-order valence-corrected chi connectivity index (χ1v) is 8.26. The Morgan fingerprint density at radius 2 is 1.35 bits per heavy atom. The molecule has 0 aromatic rings. The van der Waals surface area contributed by atoms with Gasteiger partial charge in [-0.25, -0.2) is 0 Å². The molecule has 10 heteroatoms. The monoisotopic (exact) mass is 368 g/mol. The number of ether oxygens (including phenoxy) is 1. The number of nitrogens with zero attached hydrogens (tertiary/aromatic N) is 1. The molecule has 0 atom stereocenters. The SMILES string of the molecule is COCCC(=O)NCCC(=O)NCCNC(=O)CCN1C(=O)C=CC1=O. The second kappa shape index (κ2) is 11.7. The molecular weight excluding hydrogens is 344 g/mol. The van der Waals surface area contributed by atoms with Crippen molar-refractivity contribution in [3.63, 3.8) is 0 Å². The highest BCUT2D eigenvalue weighted by atomic mass is 16.5. The number of nitrogens with one attached hydrogen (secondary N) is 3. The summed E-state index contributed by atoms with van der Waals surface area (Å²) in [7, 11) is 1.50. The molecule has 5 amide bonds. The molecule has 144 valence electrons. The van der Waals surface area contributed by atoms with Crippen molar-refractivity contribution in [3.05, 3.63) is 12.2 Å². The molecule has 10 nitrogen and oxygen atoms in total. The van der Waals surface area contributed by atoms with Crippen molar-refractivity contribution in [1.82, 2.24) is 20.9 Å². The van der Waals surface area contributed by atoms with Crippen molar-refractivity contribution >= 4 is 29.5 Å². The molecule has 3 N–H and O–H groups in total. The van der Waals surface area contributed by atoms with E-state index >= 15 is 0 Å². The van der Waals surface area contributed by atoms with Gasteiger partial charge in [-0.05, 0) is 0 Å². The van der Waals surface area contributed by atoms with Crippen LogP contribution in [0.15, 0.2) is 12.2 Å². The van der Waals surface area contributed by atoms with Gasteiger partial charge in [0.1, 0.15) is 0 Å². The molecule has 0 aliphatic carbocycles. The van der Waals surface area contributed by atoms with E-state index in [1.165, 1.54) is 7.11 Å². The van der Waals surface area contributed by atoms with Crippen LogP contribution in [-0.4, -0.2) is 74.3 Å². The van der Waals surface area contributed by atoms with Crippen LogP contribution in [0, 0.1) is 0 Å². The second-order valence-electron chi connectivity index (χ2n) is 5.45. The van der Waals surface area contributed by atoms with Crippen LogP contribution in [0.25, 0.3) is 0 Å². The molecule has 1 aliphatic heterocycles. The number of methoxy groups -OCH3 is 1. The Morgan fingerprint density at radius 1 is 0.846 bits per heavy atom. The van der Waals surface area contributed by atoms with Crippen LogP contribution in [-0.2, 0) is 28.7 Å². The first-order chi connectivity index (χ1) is 12.4. The maximum atomic E-state index is 11.6. The van der Waals surface area contributed by atoms with Crippen molar-refractivity contribution in [2.45, 2.75) is 19.3 Å². The van der Waals surface area contributed by atoms with E-state index in [9.17, 15) is 24.0 Å². The fraction of sp³-hybridized carbons (Fsp3) is 0.562. The summed E-state index contributed by atoms with van der Waals surface area (Å²) in [5.74, 6) is -1.60. The average molecular weight is 368 g/mol. The van der Waals surface area contributed by atoms with E-state index in [1.807, 2.05) is 0 Å². The third kappa shape index (κ3) is 8.38. The van der Waals surface area contributed by atoms with Gasteiger partial charge in [0.15, 0.2) is 0 Å². The lowest BCUT2D eigenvalue weighted by atomic mass is 10.3. The van der Waals surface area contributed by atoms with Crippen molar-refractivity contribution in [2.24, 2.45) is 0 Å². The molecule has 0 aromatic heterocycles. The van der Waals surface area contributed by atoms with Gasteiger partial charge < -0.3 is 20.7 Å². The van der Waals surface area contributed by atoms with Gasteiger partial charge in [-0.1, -0.05) is 0 Å². The Balaban J connectivity index is 2.02. The zero-order valence-corrected chi connectivity index (χ0v) is 14.7. The van der Waals surface area contributed by atoms with E-state index < -0.39 is 11.8 Å². The van der Waals surface area contributed by atoms with Crippen molar-refractivity contribution < 1.29 is 28.7 Å². The fourth-order valence-electron chi connectivity index (χ4n) is 2.04. The molecule has 0 unspecified atom stereocenters. The lowest BCUT2D eigenvalue weighted by Crippen LogP contribution is -2.38. The lowest BCUT2D eigenvalue weighted by Gasteiger charge is -2.13. The van der Waals surface area contributed by atoms with Gasteiger partial charge in [0, 0.05) is 64.7 Å². The zero-order valence-electron chi connectivity index (χ0n) is 14.7. The molecule has 0 saturated heterocycles. The highest BCUT2D eigenvalue weighted by Crippen LogP contribution is 2.03. The predicted octanol–water partition coefficient (Wildman–Crippen LogP) is -1.92. The predicted molar refractivity (Wildman–Crippen MR) is 90.6 cm³/mol. The van der Waals surface area contributed by atoms with Gasteiger partial charge in [-0.2, -0.15) is 0 Å². The van der Waals surface area contributed by atoms with E-state index in [0.717, 1.165) is 17.1 Å². The highest BCUT2D eigenvalue weighted by molar-refractivity contribution is 6.13. The van der Waals surface area contributed by atoms with Gasteiger partial charge in [0.05, 0.1) is 6.61 Å².